The Hall–Kier alpha value is -2.09. The first kappa shape index (κ1) is 11.0. The third-order valence-corrected chi connectivity index (χ3v) is 3.29. The summed E-state index contributed by atoms with van der Waals surface area (Å²) in [5.41, 5.74) is 4.00. The summed E-state index contributed by atoms with van der Waals surface area (Å²) < 4.78 is 5.45. The number of carbonyl (C=O) groups excluding carboxylic acids is 1. The van der Waals surface area contributed by atoms with E-state index in [0.717, 1.165) is 23.1 Å². The molecule has 2 aromatic carbocycles. The molecule has 2 nitrogen and oxygen atoms in total. The average Bonchev–Trinajstić information content (AvgIpc) is 2.67. The van der Waals surface area contributed by atoms with Gasteiger partial charge in [-0.25, -0.2) is 4.79 Å². The predicted molar refractivity (Wildman–Crippen MR) is 69.5 cm³/mol. The Bertz CT molecular complexity index is 587. The van der Waals surface area contributed by atoms with Crippen LogP contribution in [-0.4, -0.2) is 5.97 Å². The zero-order valence-corrected chi connectivity index (χ0v) is 10.2. The number of hydrogen-bond donors (Lipinski definition) is 0. The predicted octanol–water partition coefficient (Wildman–Crippen LogP) is 3.45. The molecule has 1 heterocycles. The van der Waals surface area contributed by atoms with Gasteiger partial charge in [0.05, 0.1) is 5.56 Å². The maximum Gasteiger partial charge on any atom is 0.339 e. The van der Waals surface area contributed by atoms with Crippen molar-refractivity contribution in [2.45, 2.75) is 19.4 Å². The Balaban J connectivity index is 1.91. The topological polar surface area (TPSA) is 26.3 Å². The molecule has 3 rings (SSSR count). The van der Waals surface area contributed by atoms with Crippen LogP contribution in [0.2, 0.25) is 0 Å². The zero-order valence-electron chi connectivity index (χ0n) is 10.2. The molecule has 1 aliphatic rings. The van der Waals surface area contributed by atoms with Crippen LogP contribution in [0, 0.1) is 6.92 Å². The SMILES string of the molecule is Cc1ccc2c(c1)C(=O)O[C@H]2Cc1ccccc1. The molecule has 1 aliphatic heterocycles. The van der Waals surface area contributed by atoms with Gasteiger partial charge in [-0.1, -0.05) is 48.0 Å². The lowest BCUT2D eigenvalue weighted by atomic mass is 9.98. The first-order valence-corrected chi connectivity index (χ1v) is 6.09. The lowest BCUT2D eigenvalue weighted by Gasteiger charge is -2.10. The molecule has 0 aromatic heterocycles. The van der Waals surface area contributed by atoms with E-state index in [1.807, 2.05) is 43.3 Å². The highest BCUT2D eigenvalue weighted by Gasteiger charge is 2.30. The largest absolute Gasteiger partial charge is 0.454 e. The molecule has 0 saturated carbocycles. The van der Waals surface area contributed by atoms with Crippen LogP contribution >= 0.6 is 0 Å². The van der Waals surface area contributed by atoms with Crippen molar-refractivity contribution in [3.8, 4) is 0 Å². The van der Waals surface area contributed by atoms with Gasteiger partial charge in [0.1, 0.15) is 6.10 Å². The summed E-state index contributed by atoms with van der Waals surface area (Å²) in [7, 11) is 0. The number of cyclic esters (lactones) is 1. The van der Waals surface area contributed by atoms with Gasteiger partial charge in [-0.15, -0.1) is 0 Å². The molecular weight excluding hydrogens is 224 g/mol. The second-order valence-electron chi connectivity index (χ2n) is 4.67. The van der Waals surface area contributed by atoms with Crippen LogP contribution in [0.3, 0.4) is 0 Å². The van der Waals surface area contributed by atoms with Gasteiger partial charge in [-0.05, 0) is 18.6 Å². The lowest BCUT2D eigenvalue weighted by Crippen LogP contribution is -2.02. The lowest BCUT2D eigenvalue weighted by molar-refractivity contribution is 0.0387. The second-order valence-corrected chi connectivity index (χ2v) is 4.67. The van der Waals surface area contributed by atoms with Crippen molar-refractivity contribution in [2.24, 2.45) is 0 Å². The van der Waals surface area contributed by atoms with Crippen molar-refractivity contribution in [1.29, 1.82) is 0 Å². The van der Waals surface area contributed by atoms with Crippen molar-refractivity contribution in [1.82, 2.24) is 0 Å². The third-order valence-electron chi connectivity index (χ3n) is 3.29. The molecule has 0 N–H and O–H groups in total. The van der Waals surface area contributed by atoms with Crippen LogP contribution in [0.5, 0.6) is 0 Å². The minimum absolute atomic E-state index is 0.143. The number of esters is 1. The smallest absolute Gasteiger partial charge is 0.339 e. The van der Waals surface area contributed by atoms with Gasteiger partial charge in [0.2, 0.25) is 0 Å². The van der Waals surface area contributed by atoms with Crippen molar-refractivity contribution in [2.75, 3.05) is 0 Å². The van der Waals surface area contributed by atoms with E-state index in [4.69, 9.17) is 4.74 Å². The van der Waals surface area contributed by atoms with E-state index in [2.05, 4.69) is 12.1 Å². The van der Waals surface area contributed by atoms with Crippen LogP contribution in [0.1, 0.15) is 33.2 Å². The summed E-state index contributed by atoms with van der Waals surface area (Å²) in [5.74, 6) is -0.199. The standard InChI is InChI=1S/C16H14O2/c1-11-7-8-13-14(9-11)16(17)18-15(13)10-12-5-3-2-4-6-12/h2-9,15H,10H2,1H3/t15-/m0/s1. The molecule has 2 aromatic rings. The summed E-state index contributed by atoms with van der Waals surface area (Å²) >= 11 is 0. The van der Waals surface area contributed by atoms with Crippen molar-refractivity contribution < 1.29 is 9.53 Å². The Morgan fingerprint density at radius 3 is 2.67 bits per heavy atom. The maximum atomic E-state index is 11.8. The molecule has 0 radical (unpaired) electrons. The first-order valence-electron chi connectivity index (χ1n) is 6.09. The van der Waals surface area contributed by atoms with E-state index in [1.54, 1.807) is 0 Å². The molecule has 90 valence electrons. The molecular formula is C16H14O2. The molecule has 18 heavy (non-hydrogen) atoms. The monoisotopic (exact) mass is 238 g/mol. The number of hydrogen-bond acceptors (Lipinski definition) is 2. The number of carbonyl (C=O) groups is 1. The highest BCUT2D eigenvalue weighted by Crippen LogP contribution is 2.33. The van der Waals surface area contributed by atoms with E-state index in [-0.39, 0.29) is 12.1 Å². The summed E-state index contributed by atoms with van der Waals surface area (Å²) in [4.78, 5) is 11.8. The molecule has 0 bridgehead atoms. The molecule has 2 heteroatoms. The van der Waals surface area contributed by atoms with Crippen LogP contribution in [-0.2, 0) is 11.2 Å². The first-order chi connectivity index (χ1) is 8.74. The summed E-state index contributed by atoms with van der Waals surface area (Å²) in [6.07, 6.45) is 0.596. The van der Waals surface area contributed by atoms with Crippen molar-refractivity contribution in [3.63, 3.8) is 0 Å². The molecule has 1 atom stereocenters. The number of ether oxygens (including phenoxy) is 1. The number of rotatable bonds is 2. The van der Waals surface area contributed by atoms with E-state index < -0.39 is 0 Å². The molecule has 0 aliphatic carbocycles. The van der Waals surface area contributed by atoms with Crippen LogP contribution in [0.25, 0.3) is 0 Å². The second kappa shape index (κ2) is 4.30. The van der Waals surface area contributed by atoms with Crippen molar-refractivity contribution in [3.05, 3.63) is 70.8 Å². The Labute approximate surface area is 106 Å². The summed E-state index contributed by atoms with van der Waals surface area (Å²) in [6.45, 7) is 1.98. The van der Waals surface area contributed by atoms with Crippen LogP contribution in [0.4, 0.5) is 0 Å². The molecule has 0 spiro atoms. The number of fused-ring (bicyclic) bond motifs is 1. The minimum atomic E-state index is -0.199. The van der Waals surface area contributed by atoms with Gasteiger partial charge in [0.25, 0.3) is 0 Å². The van der Waals surface area contributed by atoms with Gasteiger partial charge >= 0.3 is 5.97 Å². The third kappa shape index (κ3) is 1.90. The average molecular weight is 238 g/mol. The molecule has 0 amide bonds. The number of aryl methyl sites for hydroxylation is 1. The van der Waals surface area contributed by atoms with Gasteiger partial charge in [0.15, 0.2) is 0 Å². The van der Waals surface area contributed by atoms with Crippen LogP contribution in [0.15, 0.2) is 48.5 Å². The van der Waals surface area contributed by atoms with Gasteiger partial charge in [-0.2, -0.15) is 0 Å². The highest BCUT2D eigenvalue weighted by atomic mass is 16.5. The van der Waals surface area contributed by atoms with E-state index in [1.165, 1.54) is 5.56 Å². The Morgan fingerprint density at radius 1 is 1.11 bits per heavy atom. The summed E-state index contributed by atoms with van der Waals surface area (Å²) in [6, 6.07) is 16.0. The van der Waals surface area contributed by atoms with Crippen LogP contribution < -0.4 is 0 Å². The quantitative estimate of drug-likeness (QED) is 0.749. The fourth-order valence-corrected chi connectivity index (χ4v) is 2.36. The fourth-order valence-electron chi connectivity index (χ4n) is 2.36. The Kier molecular flexibility index (Phi) is 2.63. The van der Waals surface area contributed by atoms with E-state index in [0.29, 0.717) is 0 Å². The molecule has 0 fully saturated rings. The van der Waals surface area contributed by atoms with Gasteiger partial charge in [0, 0.05) is 12.0 Å². The maximum absolute atomic E-state index is 11.8. The van der Waals surface area contributed by atoms with E-state index in [9.17, 15) is 4.79 Å². The van der Waals surface area contributed by atoms with E-state index >= 15 is 0 Å². The minimum Gasteiger partial charge on any atom is -0.454 e. The number of benzene rings is 2. The normalized spacial score (nSPS) is 17.4. The molecule has 0 saturated heterocycles. The Morgan fingerprint density at radius 2 is 1.89 bits per heavy atom. The molecule has 0 unspecified atom stereocenters. The van der Waals surface area contributed by atoms with Gasteiger partial charge in [-0.3, -0.25) is 0 Å². The fraction of sp³-hybridized carbons (Fsp3) is 0.188. The zero-order chi connectivity index (χ0) is 12.5. The van der Waals surface area contributed by atoms with Gasteiger partial charge < -0.3 is 4.74 Å². The summed E-state index contributed by atoms with van der Waals surface area (Å²) in [5, 5.41) is 0. The van der Waals surface area contributed by atoms with Crippen molar-refractivity contribution >= 4 is 5.97 Å². The highest BCUT2D eigenvalue weighted by molar-refractivity contribution is 5.94.